The molecule has 3 amide bonds. The predicted octanol–water partition coefficient (Wildman–Crippen LogP) is 1.10. The van der Waals surface area contributed by atoms with Gasteiger partial charge >= 0.3 is 5.97 Å². The van der Waals surface area contributed by atoms with Crippen molar-refractivity contribution in [3.8, 4) is 0 Å². The summed E-state index contributed by atoms with van der Waals surface area (Å²) in [7, 11) is 1.40. The maximum Gasteiger partial charge on any atom is 0.309 e. The van der Waals surface area contributed by atoms with Gasteiger partial charge in [0.2, 0.25) is 5.95 Å². The van der Waals surface area contributed by atoms with Gasteiger partial charge in [-0.15, -0.1) is 0 Å². The average molecular weight is 423 g/mol. The van der Waals surface area contributed by atoms with Gasteiger partial charge in [0.15, 0.2) is 6.61 Å². The number of imide groups is 1. The van der Waals surface area contributed by atoms with E-state index in [0.717, 1.165) is 4.90 Å². The summed E-state index contributed by atoms with van der Waals surface area (Å²) in [5, 5.41) is 2.59. The zero-order chi connectivity index (χ0) is 22.0. The minimum atomic E-state index is -0.520. The number of carbonyl (C=O) groups is 4. The summed E-state index contributed by atoms with van der Waals surface area (Å²) in [4.78, 5) is 59.9. The summed E-state index contributed by atoms with van der Waals surface area (Å²) < 4.78 is 5.17. The molecule has 10 heteroatoms. The third kappa shape index (κ3) is 4.23. The molecule has 0 bridgehead atoms. The maximum absolute atomic E-state index is 12.3. The predicted molar refractivity (Wildman–Crippen MR) is 109 cm³/mol. The molecule has 10 nitrogen and oxygen atoms in total. The Morgan fingerprint density at radius 2 is 1.77 bits per heavy atom. The van der Waals surface area contributed by atoms with E-state index in [1.54, 1.807) is 18.5 Å². The molecule has 0 saturated carbocycles. The van der Waals surface area contributed by atoms with Crippen LogP contribution < -0.4 is 10.2 Å². The number of hydrogen-bond acceptors (Lipinski definition) is 8. The van der Waals surface area contributed by atoms with Crippen LogP contribution >= 0.6 is 0 Å². The highest BCUT2D eigenvalue weighted by Crippen LogP contribution is 2.25. The SMILES string of the molecule is CN1C(=O)c2ccc(NC(=O)COC(=O)C3CCN(c4ncccn4)CC3)cc2C1=O. The molecule has 1 aromatic carbocycles. The molecule has 3 heterocycles. The van der Waals surface area contributed by atoms with Gasteiger partial charge in [-0.1, -0.05) is 0 Å². The minimum absolute atomic E-state index is 0.233. The van der Waals surface area contributed by atoms with Gasteiger partial charge in [-0.25, -0.2) is 9.97 Å². The van der Waals surface area contributed by atoms with Gasteiger partial charge in [0.1, 0.15) is 0 Å². The van der Waals surface area contributed by atoms with Crippen molar-refractivity contribution in [3.63, 3.8) is 0 Å². The largest absolute Gasteiger partial charge is 0.455 e. The van der Waals surface area contributed by atoms with Crippen LogP contribution in [0.3, 0.4) is 0 Å². The number of benzene rings is 1. The van der Waals surface area contributed by atoms with E-state index in [9.17, 15) is 19.2 Å². The van der Waals surface area contributed by atoms with E-state index in [-0.39, 0.29) is 17.4 Å². The van der Waals surface area contributed by atoms with E-state index in [0.29, 0.717) is 43.1 Å². The molecular weight excluding hydrogens is 402 g/mol. The van der Waals surface area contributed by atoms with Gasteiger partial charge in [0.05, 0.1) is 17.0 Å². The Kier molecular flexibility index (Phi) is 5.61. The zero-order valence-electron chi connectivity index (χ0n) is 16.9. The van der Waals surface area contributed by atoms with Crippen molar-refractivity contribution in [1.82, 2.24) is 14.9 Å². The number of anilines is 2. The van der Waals surface area contributed by atoms with Gasteiger partial charge in [0, 0.05) is 38.2 Å². The Hall–Kier alpha value is -3.82. The number of nitrogens with zero attached hydrogens (tertiary/aromatic N) is 4. The lowest BCUT2D eigenvalue weighted by molar-refractivity contribution is -0.152. The molecular formula is C21H21N5O5. The highest BCUT2D eigenvalue weighted by atomic mass is 16.5. The number of rotatable bonds is 5. The smallest absolute Gasteiger partial charge is 0.309 e. The van der Waals surface area contributed by atoms with Crippen molar-refractivity contribution in [3.05, 3.63) is 47.8 Å². The van der Waals surface area contributed by atoms with Gasteiger partial charge < -0.3 is 15.0 Å². The second-order valence-electron chi connectivity index (χ2n) is 7.40. The first-order valence-electron chi connectivity index (χ1n) is 9.89. The molecule has 31 heavy (non-hydrogen) atoms. The summed E-state index contributed by atoms with van der Waals surface area (Å²) >= 11 is 0. The molecule has 2 aliphatic heterocycles. The first kappa shape index (κ1) is 20.5. The van der Waals surface area contributed by atoms with Crippen LogP contribution in [0.15, 0.2) is 36.7 Å². The van der Waals surface area contributed by atoms with E-state index >= 15 is 0 Å². The molecule has 0 radical (unpaired) electrons. The second-order valence-corrected chi connectivity index (χ2v) is 7.40. The molecule has 0 atom stereocenters. The highest BCUT2D eigenvalue weighted by molar-refractivity contribution is 6.21. The molecule has 0 aliphatic carbocycles. The number of nitrogens with one attached hydrogen (secondary N) is 1. The van der Waals surface area contributed by atoms with E-state index < -0.39 is 24.4 Å². The van der Waals surface area contributed by atoms with Crippen LogP contribution in [0.25, 0.3) is 0 Å². The Balaban J connectivity index is 1.26. The van der Waals surface area contributed by atoms with Crippen LogP contribution in [0.5, 0.6) is 0 Å². The molecule has 1 N–H and O–H groups in total. The monoisotopic (exact) mass is 423 g/mol. The van der Waals surface area contributed by atoms with E-state index in [2.05, 4.69) is 15.3 Å². The number of hydrogen-bond donors (Lipinski definition) is 1. The topological polar surface area (TPSA) is 122 Å². The van der Waals surface area contributed by atoms with Crippen molar-refractivity contribution in [2.24, 2.45) is 5.92 Å². The summed E-state index contributed by atoms with van der Waals surface area (Å²) in [5.74, 6) is -1.39. The third-order valence-electron chi connectivity index (χ3n) is 5.38. The third-order valence-corrected chi connectivity index (χ3v) is 5.38. The zero-order valence-corrected chi connectivity index (χ0v) is 16.9. The van der Waals surface area contributed by atoms with Gasteiger partial charge in [0.25, 0.3) is 17.7 Å². The van der Waals surface area contributed by atoms with E-state index in [1.165, 1.54) is 25.2 Å². The van der Waals surface area contributed by atoms with Crippen LogP contribution in [0.4, 0.5) is 11.6 Å². The normalized spacial score (nSPS) is 16.3. The van der Waals surface area contributed by atoms with Crippen molar-refractivity contribution in [2.45, 2.75) is 12.8 Å². The first-order chi connectivity index (χ1) is 14.9. The van der Waals surface area contributed by atoms with Gasteiger partial charge in [-0.05, 0) is 37.1 Å². The molecule has 1 aromatic heterocycles. The molecule has 160 valence electrons. The summed E-state index contributed by atoms with van der Waals surface area (Å²) in [6.45, 7) is 0.837. The minimum Gasteiger partial charge on any atom is -0.455 e. The Morgan fingerprint density at radius 3 is 2.48 bits per heavy atom. The summed E-state index contributed by atoms with van der Waals surface area (Å²) in [6.07, 6.45) is 4.53. The Labute approximate surface area is 178 Å². The number of piperidine rings is 1. The molecule has 0 unspecified atom stereocenters. The van der Waals surface area contributed by atoms with Crippen LogP contribution in [0.1, 0.15) is 33.6 Å². The fraction of sp³-hybridized carbons (Fsp3) is 0.333. The summed E-state index contributed by atoms with van der Waals surface area (Å²) in [5.41, 5.74) is 0.882. The van der Waals surface area contributed by atoms with Crippen molar-refractivity contribution in [2.75, 3.05) is 37.0 Å². The number of aromatic nitrogens is 2. The fourth-order valence-corrected chi connectivity index (χ4v) is 3.66. The molecule has 0 spiro atoms. The second kappa shape index (κ2) is 8.50. The van der Waals surface area contributed by atoms with Gasteiger partial charge in [-0.3, -0.25) is 24.1 Å². The van der Waals surface area contributed by atoms with Gasteiger partial charge in [-0.2, -0.15) is 0 Å². The van der Waals surface area contributed by atoms with Crippen molar-refractivity contribution < 1.29 is 23.9 Å². The molecule has 4 rings (SSSR count). The lowest BCUT2D eigenvalue weighted by Crippen LogP contribution is -2.38. The first-order valence-corrected chi connectivity index (χ1v) is 9.89. The van der Waals surface area contributed by atoms with Crippen LogP contribution in [-0.4, -0.2) is 65.3 Å². The lowest BCUT2D eigenvalue weighted by Gasteiger charge is -2.30. The Morgan fingerprint density at radius 1 is 1.10 bits per heavy atom. The average Bonchev–Trinajstić information content (AvgIpc) is 3.02. The number of fused-ring (bicyclic) bond motifs is 1. The number of carbonyl (C=O) groups excluding carboxylic acids is 4. The number of ether oxygens (including phenoxy) is 1. The molecule has 2 aromatic rings. The van der Waals surface area contributed by atoms with E-state index in [4.69, 9.17) is 4.74 Å². The van der Waals surface area contributed by atoms with Crippen molar-refractivity contribution in [1.29, 1.82) is 0 Å². The lowest BCUT2D eigenvalue weighted by atomic mass is 9.97. The van der Waals surface area contributed by atoms with Crippen LogP contribution in [0.2, 0.25) is 0 Å². The fourth-order valence-electron chi connectivity index (χ4n) is 3.66. The maximum atomic E-state index is 12.3. The molecule has 1 saturated heterocycles. The summed E-state index contributed by atoms with van der Waals surface area (Å²) in [6, 6.07) is 6.21. The Bertz CT molecular complexity index is 1030. The number of esters is 1. The number of amides is 3. The quantitative estimate of drug-likeness (QED) is 0.560. The highest BCUT2D eigenvalue weighted by Gasteiger charge is 2.33. The standard InChI is InChI=1S/C21H21N5O5/c1-25-18(28)15-4-3-14(11-16(15)19(25)29)24-17(27)12-31-20(30)13-5-9-26(10-6-13)21-22-7-2-8-23-21/h2-4,7-8,11,13H,5-6,9-10,12H2,1H3,(H,24,27). The van der Waals surface area contributed by atoms with Crippen molar-refractivity contribution >= 4 is 35.3 Å². The van der Waals surface area contributed by atoms with Crippen LogP contribution in [0, 0.1) is 5.92 Å². The molecule has 1 fully saturated rings. The van der Waals surface area contributed by atoms with Crippen LogP contribution in [-0.2, 0) is 14.3 Å². The molecule has 2 aliphatic rings. The van der Waals surface area contributed by atoms with E-state index in [1.807, 2.05) is 4.90 Å².